The van der Waals surface area contributed by atoms with Crippen molar-refractivity contribution in [1.82, 2.24) is 9.88 Å². The summed E-state index contributed by atoms with van der Waals surface area (Å²) in [5.74, 6) is 1.78. The number of methoxy groups -OCH3 is 2. The lowest BCUT2D eigenvalue weighted by Gasteiger charge is -2.22. The Hall–Kier alpha value is -3.54. The normalized spacial score (nSPS) is 13.3. The monoisotopic (exact) mass is 390 g/mol. The first-order valence-electron chi connectivity index (χ1n) is 9.33. The van der Waals surface area contributed by atoms with Crippen LogP contribution in [0.1, 0.15) is 11.1 Å². The molecule has 0 bridgehead atoms. The maximum atomic E-state index is 12.8. The van der Waals surface area contributed by atoms with Gasteiger partial charge in [-0.2, -0.15) is 0 Å². The molecular weight excluding hydrogens is 368 g/mol. The van der Waals surface area contributed by atoms with E-state index < -0.39 is 0 Å². The van der Waals surface area contributed by atoms with E-state index in [9.17, 15) is 4.79 Å². The molecule has 0 atom stereocenters. The Kier molecular flexibility index (Phi) is 5.33. The summed E-state index contributed by atoms with van der Waals surface area (Å²) in [7, 11) is 3.22. The lowest BCUT2D eigenvalue weighted by Crippen LogP contribution is -2.32. The van der Waals surface area contributed by atoms with Gasteiger partial charge in [-0.15, -0.1) is 0 Å². The molecule has 1 amide bonds. The van der Waals surface area contributed by atoms with Crippen molar-refractivity contribution in [2.75, 3.05) is 20.8 Å². The van der Waals surface area contributed by atoms with Crippen molar-refractivity contribution in [3.63, 3.8) is 0 Å². The Morgan fingerprint density at radius 3 is 2.45 bits per heavy atom. The molecule has 6 heteroatoms. The van der Waals surface area contributed by atoms with Gasteiger partial charge in [0, 0.05) is 24.4 Å². The molecule has 6 nitrogen and oxygen atoms in total. The summed E-state index contributed by atoms with van der Waals surface area (Å²) in [5, 5.41) is 0. The number of nitrogens with zero attached hydrogens (tertiary/aromatic N) is 2. The van der Waals surface area contributed by atoms with Crippen molar-refractivity contribution in [2.24, 2.45) is 0 Å². The lowest BCUT2D eigenvalue weighted by molar-refractivity contribution is -0.133. The number of pyridine rings is 1. The molecule has 0 aliphatic carbocycles. The minimum atomic E-state index is -0.0937. The molecule has 148 valence electrons. The van der Waals surface area contributed by atoms with E-state index in [0.717, 1.165) is 22.3 Å². The fourth-order valence-electron chi connectivity index (χ4n) is 3.46. The summed E-state index contributed by atoms with van der Waals surface area (Å²) < 4.78 is 16.4. The van der Waals surface area contributed by atoms with Crippen LogP contribution >= 0.6 is 0 Å². The van der Waals surface area contributed by atoms with Crippen molar-refractivity contribution < 1.29 is 19.0 Å². The average molecular weight is 390 g/mol. The van der Waals surface area contributed by atoms with Gasteiger partial charge in [-0.05, 0) is 34.9 Å². The second-order valence-electron chi connectivity index (χ2n) is 6.77. The largest absolute Gasteiger partial charge is 0.497 e. The second-order valence-corrected chi connectivity index (χ2v) is 6.77. The van der Waals surface area contributed by atoms with E-state index in [1.165, 1.54) is 0 Å². The number of fused-ring (bicyclic) bond motifs is 1. The van der Waals surface area contributed by atoms with Crippen LogP contribution in [-0.2, 0) is 17.9 Å². The predicted molar refractivity (Wildman–Crippen MR) is 109 cm³/mol. The number of benzene rings is 2. The number of carbonyl (C=O) groups is 1. The van der Waals surface area contributed by atoms with Gasteiger partial charge in [0.15, 0.2) is 6.61 Å². The molecular formula is C23H22N2O4. The zero-order valence-corrected chi connectivity index (χ0v) is 16.4. The van der Waals surface area contributed by atoms with Gasteiger partial charge in [0.05, 0.1) is 20.8 Å². The molecule has 1 aliphatic heterocycles. The topological polar surface area (TPSA) is 60.9 Å². The summed E-state index contributed by atoms with van der Waals surface area (Å²) in [4.78, 5) is 18.9. The predicted octanol–water partition coefficient (Wildman–Crippen LogP) is 3.69. The van der Waals surface area contributed by atoms with Gasteiger partial charge in [-0.1, -0.05) is 30.3 Å². The van der Waals surface area contributed by atoms with E-state index in [1.807, 2.05) is 54.6 Å². The third kappa shape index (κ3) is 4.01. The second kappa shape index (κ2) is 8.22. The van der Waals surface area contributed by atoms with Gasteiger partial charge in [-0.25, -0.2) is 4.98 Å². The Bertz CT molecular complexity index is 998. The molecule has 1 aliphatic rings. The van der Waals surface area contributed by atoms with Gasteiger partial charge in [0.2, 0.25) is 5.88 Å². The highest BCUT2D eigenvalue weighted by atomic mass is 16.5. The highest BCUT2D eigenvalue weighted by molar-refractivity contribution is 5.80. The fraction of sp³-hybridized carbons (Fsp3) is 0.217. The molecule has 0 fully saturated rings. The molecule has 2 heterocycles. The van der Waals surface area contributed by atoms with Crippen LogP contribution in [0.5, 0.6) is 17.4 Å². The molecule has 0 spiro atoms. The van der Waals surface area contributed by atoms with E-state index in [2.05, 4.69) is 4.98 Å². The van der Waals surface area contributed by atoms with Crippen molar-refractivity contribution in [2.45, 2.75) is 13.1 Å². The summed E-state index contributed by atoms with van der Waals surface area (Å²) in [6.07, 6.45) is 1.72. The minimum Gasteiger partial charge on any atom is -0.497 e. The summed E-state index contributed by atoms with van der Waals surface area (Å²) >= 11 is 0. The highest BCUT2D eigenvalue weighted by Crippen LogP contribution is 2.32. The van der Waals surface area contributed by atoms with E-state index in [1.54, 1.807) is 25.3 Å². The fourth-order valence-corrected chi connectivity index (χ4v) is 3.46. The van der Waals surface area contributed by atoms with Crippen LogP contribution in [0.25, 0.3) is 11.1 Å². The van der Waals surface area contributed by atoms with Crippen LogP contribution in [-0.4, -0.2) is 36.6 Å². The van der Waals surface area contributed by atoms with Crippen LogP contribution in [0.3, 0.4) is 0 Å². The van der Waals surface area contributed by atoms with Gasteiger partial charge in [-0.3, -0.25) is 4.79 Å². The van der Waals surface area contributed by atoms with Gasteiger partial charge >= 0.3 is 0 Å². The van der Waals surface area contributed by atoms with Gasteiger partial charge in [0.1, 0.15) is 11.5 Å². The molecule has 0 unspecified atom stereocenters. The SMILES string of the molecule is COc1cc(CN2Cc3c(-c4ccccc4)ccnc3OCC2=O)cc(OC)c1. The third-order valence-electron chi connectivity index (χ3n) is 4.92. The van der Waals surface area contributed by atoms with Crippen LogP contribution in [0.15, 0.2) is 60.8 Å². The van der Waals surface area contributed by atoms with Crippen LogP contribution in [0, 0.1) is 0 Å². The Labute approximate surface area is 169 Å². The Balaban J connectivity index is 1.69. The van der Waals surface area contributed by atoms with Crippen LogP contribution in [0.2, 0.25) is 0 Å². The third-order valence-corrected chi connectivity index (χ3v) is 4.92. The minimum absolute atomic E-state index is 0.0423. The molecule has 1 aromatic heterocycles. The molecule has 0 saturated heterocycles. The zero-order valence-electron chi connectivity index (χ0n) is 16.4. The number of hydrogen-bond acceptors (Lipinski definition) is 5. The molecule has 0 radical (unpaired) electrons. The molecule has 4 rings (SSSR count). The van der Waals surface area contributed by atoms with E-state index in [-0.39, 0.29) is 12.5 Å². The number of aromatic nitrogens is 1. The molecule has 0 saturated carbocycles. The summed E-state index contributed by atoms with van der Waals surface area (Å²) in [6, 6.07) is 17.6. The standard InChI is InChI=1S/C23H22N2O4/c1-27-18-10-16(11-19(12-18)28-2)13-25-14-21-20(17-6-4-3-5-7-17)8-9-24-23(21)29-15-22(25)26/h3-12H,13-15H2,1-2H3. The number of ether oxygens (including phenoxy) is 3. The first-order chi connectivity index (χ1) is 14.2. The highest BCUT2D eigenvalue weighted by Gasteiger charge is 2.25. The Morgan fingerprint density at radius 1 is 1.03 bits per heavy atom. The zero-order chi connectivity index (χ0) is 20.2. The number of rotatable bonds is 5. The average Bonchev–Trinajstić information content (AvgIpc) is 2.92. The maximum Gasteiger partial charge on any atom is 0.261 e. The quantitative estimate of drug-likeness (QED) is 0.665. The van der Waals surface area contributed by atoms with Crippen molar-refractivity contribution >= 4 is 5.91 Å². The van der Waals surface area contributed by atoms with Crippen LogP contribution < -0.4 is 14.2 Å². The molecule has 0 N–H and O–H groups in total. The van der Waals surface area contributed by atoms with E-state index in [4.69, 9.17) is 14.2 Å². The summed E-state index contributed by atoms with van der Waals surface area (Å²) in [5.41, 5.74) is 3.90. The Morgan fingerprint density at radius 2 is 1.76 bits per heavy atom. The van der Waals surface area contributed by atoms with E-state index >= 15 is 0 Å². The smallest absolute Gasteiger partial charge is 0.261 e. The maximum absolute atomic E-state index is 12.8. The lowest BCUT2D eigenvalue weighted by atomic mass is 10.0. The van der Waals surface area contributed by atoms with E-state index in [0.29, 0.717) is 30.5 Å². The molecule has 29 heavy (non-hydrogen) atoms. The van der Waals surface area contributed by atoms with Gasteiger partial charge < -0.3 is 19.1 Å². The molecule has 3 aromatic rings. The van der Waals surface area contributed by atoms with Gasteiger partial charge in [0.25, 0.3) is 5.91 Å². The van der Waals surface area contributed by atoms with Crippen LogP contribution in [0.4, 0.5) is 0 Å². The van der Waals surface area contributed by atoms with Crippen molar-refractivity contribution in [1.29, 1.82) is 0 Å². The number of amides is 1. The first-order valence-corrected chi connectivity index (χ1v) is 9.33. The van der Waals surface area contributed by atoms with Crippen molar-refractivity contribution in [3.05, 3.63) is 71.9 Å². The molecule has 2 aromatic carbocycles. The first kappa shape index (κ1) is 18.8. The van der Waals surface area contributed by atoms with Crippen molar-refractivity contribution in [3.8, 4) is 28.5 Å². The number of hydrogen-bond donors (Lipinski definition) is 0. The summed E-state index contributed by atoms with van der Waals surface area (Å²) in [6.45, 7) is 0.781. The number of carbonyl (C=O) groups excluding carboxylic acids is 1.